The van der Waals surface area contributed by atoms with Crippen LogP contribution in [0.2, 0.25) is 0 Å². The minimum Gasteiger partial charge on any atom is -0.324 e. The average molecular weight is 729 g/mol. The van der Waals surface area contributed by atoms with Crippen molar-refractivity contribution in [1.29, 1.82) is 0 Å². The van der Waals surface area contributed by atoms with Gasteiger partial charge in [0, 0.05) is 33.0 Å². The molecule has 1 unspecified atom stereocenters. The number of fused-ring (bicyclic) bond motifs is 6. The Kier molecular flexibility index (Phi) is 7.85. The molecule has 4 heteroatoms. The first kappa shape index (κ1) is 32.8. The Bertz CT molecular complexity index is 3210. The number of aromatic nitrogens is 1. The molecule has 1 atom stereocenters. The normalized spacial score (nSPS) is 14.1. The van der Waals surface area contributed by atoms with Gasteiger partial charge in [0.15, 0.2) is 6.17 Å². The molecule has 1 aliphatic rings. The SMILES string of the molecule is c1ccc(C2=NC(c3cccc(-c4cccc(-n5c6ccccc6c6ccc7ccccc7c65)c4)c3)N=C(c3cc(-c4ccccc4)cc4ccccc34)N2)cc1. The van der Waals surface area contributed by atoms with Crippen LogP contribution in [0.4, 0.5) is 0 Å². The first-order valence-electron chi connectivity index (χ1n) is 19.4. The van der Waals surface area contributed by atoms with E-state index in [1.807, 2.05) is 6.07 Å². The molecule has 0 radical (unpaired) electrons. The van der Waals surface area contributed by atoms with Crippen molar-refractivity contribution in [2.24, 2.45) is 9.98 Å². The van der Waals surface area contributed by atoms with Gasteiger partial charge in [-0.15, -0.1) is 0 Å². The summed E-state index contributed by atoms with van der Waals surface area (Å²) in [5.74, 6) is 1.60. The number of amidine groups is 2. The van der Waals surface area contributed by atoms with Gasteiger partial charge in [-0.1, -0.05) is 170 Å². The van der Waals surface area contributed by atoms with Crippen molar-refractivity contribution < 1.29 is 0 Å². The van der Waals surface area contributed by atoms with Crippen molar-refractivity contribution in [3.05, 3.63) is 223 Å². The molecule has 0 saturated carbocycles. The summed E-state index contributed by atoms with van der Waals surface area (Å²) >= 11 is 0. The highest BCUT2D eigenvalue weighted by atomic mass is 15.2. The van der Waals surface area contributed by atoms with Crippen LogP contribution >= 0.6 is 0 Å². The molecule has 0 aliphatic carbocycles. The topological polar surface area (TPSA) is 41.7 Å². The average Bonchev–Trinajstić information content (AvgIpc) is 3.64. The summed E-state index contributed by atoms with van der Waals surface area (Å²) in [5.41, 5.74) is 11.2. The fourth-order valence-corrected chi connectivity index (χ4v) is 8.48. The van der Waals surface area contributed by atoms with Crippen LogP contribution < -0.4 is 5.32 Å². The number of benzene rings is 9. The van der Waals surface area contributed by atoms with E-state index in [0.717, 1.165) is 61.5 Å². The summed E-state index contributed by atoms with van der Waals surface area (Å²) < 4.78 is 2.42. The number of nitrogens with one attached hydrogen (secondary N) is 1. The van der Waals surface area contributed by atoms with Gasteiger partial charge in [-0.05, 0) is 80.4 Å². The largest absolute Gasteiger partial charge is 0.324 e. The highest BCUT2D eigenvalue weighted by molar-refractivity contribution is 6.21. The minimum atomic E-state index is -0.456. The molecule has 2 heterocycles. The Hall–Kier alpha value is -7.56. The van der Waals surface area contributed by atoms with Crippen LogP contribution in [0.15, 0.2) is 216 Å². The van der Waals surface area contributed by atoms with Crippen molar-refractivity contribution in [3.63, 3.8) is 0 Å². The van der Waals surface area contributed by atoms with Crippen molar-refractivity contribution in [2.45, 2.75) is 6.17 Å². The van der Waals surface area contributed by atoms with Crippen molar-refractivity contribution in [2.75, 3.05) is 0 Å². The van der Waals surface area contributed by atoms with Crippen LogP contribution in [0.1, 0.15) is 22.9 Å². The van der Waals surface area contributed by atoms with E-state index in [4.69, 9.17) is 9.98 Å². The molecule has 0 amide bonds. The zero-order chi connectivity index (χ0) is 37.7. The van der Waals surface area contributed by atoms with E-state index in [0.29, 0.717) is 0 Å². The Morgan fingerprint density at radius 3 is 1.84 bits per heavy atom. The van der Waals surface area contributed by atoms with Crippen molar-refractivity contribution in [1.82, 2.24) is 9.88 Å². The van der Waals surface area contributed by atoms with Crippen LogP contribution in [0.25, 0.3) is 71.3 Å². The highest BCUT2D eigenvalue weighted by Crippen LogP contribution is 2.38. The lowest BCUT2D eigenvalue weighted by Crippen LogP contribution is -2.36. The van der Waals surface area contributed by atoms with Gasteiger partial charge in [0.2, 0.25) is 0 Å². The quantitative estimate of drug-likeness (QED) is 0.182. The van der Waals surface area contributed by atoms with E-state index in [1.165, 1.54) is 38.1 Å². The van der Waals surface area contributed by atoms with E-state index in [-0.39, 0.29) is 0 Å². The third-order valence-corrected chi connectivity index (χ3v) is 11.2. The van der Waals surface area contributed by atoms with Gasteiger partial charge < -0.3 is 9.88 Å². The highest BCUT2D eigenvalue weighted by Gasteiger charge is 2.23. The van der Waals surface area contributed by atoms with Crippen LogP contribution in [0.3, 0.4) is 0 Å². The number of hydrogen-bond acceptors (Lipinski definition) is 3. The maximum Gasteiger partial charge on any atom is 0.169 e. The molecule has 0 spiro atoms. The Morgan fingerprint density at radius 2 is 1.02 bits per heavy atom. The summed E-state index contributed by atoms with van der Waals surface area (Å²) in [6.07, 6.45) is -0.456. The minimum absolute atomic E-state index is 0.456. The first-order valence-corrected chi connectivity index (χ1v) is 19.4. The molecule has 268 valence electrons. The molecule has 0 saturated heterocycles. The molecule has 1 aromatic heterocycles. The Morgan fingerprint density at radius 1 is 0.386 bits per heavy atom. The smallest absolute Gasteiger partial charge is 0.169 e. The molecule has 4 nitrogen and oxygen atoms in total. The number of rotatable bonds is 6. The van der Waals surface area contributed by atoms with Crippen LogP contribution in [-0.2, 0) is 0 Å². The van der Waals surface area contributed by atoms with Gasteiger partial charge in [-0.3, -0.25) is 0 Å². The van der Waals surface area contributed by atoms with E-state index in [9.17, 15) is 0 Å². The molecule has 0 fully saturated rings. The van der Waals surface area contributed by atoms with Gasteiger partial charge in [0.05, 0.1) is 11.0 Å². The standard InChI is InChI=1S/C53H36N4/c1-3-15-35(16-4-1)42-32-40-20-8-9-25-44(40)48(34-42)53-55-51(37-18-5-2-6-19-37)54-52(56-53)41-23-13-21-38(31-41)39-22-14-24-43(33-39)57-49-28-12-11-27-46(49)47-30-29-36-17-7-10-26-45(36)50(47)57/h1-34,52H,(H,54,55,56). The van der Waals surface area contributed by atoms with E-state index < -0.39 is 6.17 Å². The summed E-state index contributed by atoms with van der Waals surface area (Å²) in [6.45, 7) is 0. The summed E-state index contributed by atoms with van der Waals surface area (Å²) in [6, 6.07) is 73.5. The lowest BCUT2D eigenvalue weighted by Gasteiger charge is -2.24. The fraction of sp³-hybridized carbons (Fsp3) is 0.0189. The summed E-state index contributed by atoms with van der Waals surface area (Å²) in [7, 11) is 0. The van der Waals surface area contributed by atoms with Gasteiger partial charge in [0.1, 0.15) is 11.7 Å². The van der Waals surface area contributed by atoms with Gasteiger partial charge in [-0.2, -0.15) is 0 Å². The molecular formula is C53H36N4. The molecular weight excluding hydrogens is 693 g/mol. The molecule has 57 heavy (non-hydrogen) atoms. The molecule has 10 aromatic rings. The maximum atomic E-state index is 5.39. The van der Waals surface area contributed by atoms with Crippen LogP contribution in [0.5, 0.6) is 0 Å². The van der Waals surface area contributed by atoms with Crippen LogP contribution in [-0.4, -0.2) is 16.2 Å². The van der Waals surface area contributed by atoms with Crippen molar-refractivity contribution >= 4 is 55.0 Å². The first-order chi connectivity index (χ1) is 28.2. The second-order valence-corrected chi connectivity index (χ2v) is 14.6. The zero-order valence-electron chi connectivity index (χ0n) is 31.0. The second kappa shape index (κ2) is 13.6. The molecule has 1 N–H and O–H groups in total. The lowest BCUT2D eigenvalue weighted by atomic mass is 9.95. The second-order valence-electron chi connectivity index (χ2n) is 14.6. The molecule has 1 aliphatic heterocycles. The Balaban J connectivity index is 1.05. The van der Waals surface area contributed by atoms with E-state index in [1.54, 1.807) is 0 Å². The van der Waals surface area contributed by atoms with E-state index >= 15 is 0 Å². The van der Waals surface area contributed by atoms with Gasteiger partial charge in [-0.25, -0.2) is 9.98 Å². The Labute approximate surface area is 330 Å². The lowest BCUT2D eigenvalue weighted by molar-refractivity contribution is 0.756. The maximum absolute atomic E-state index is 5.39. The monoisotopic (exact) mass is 728 g/mol. The van der Waals surface area contributed by atoms with Crippen LogP contribution in [0, 0.1) is 0 Å². The number of aliphatic imine (C=N–C) groups is 2. The van der Waals surface area contributed by atoms with Crippen molar-refractivity contribution in [3.8, 4) is 27.9 Å². The number of hydrogen-bond donors (Lipinski definition) is 1. The fourth-order valence-electron chi connectivity index (χ4n) is 8.48. The van der Waals surface area contributed by atoms with Gasteiger partial charge in [0.25, 0.3) is 0 Å². The predicted octanol–water partition coefficient (Wildman–Crippen LogP) is 12.9. The zero-order valence-corrected chi connectivity index (χ0v) is 31.0. The molecule has 11 rings (SSSR count). The summed E-state index contributed by atoms with van der Waals surface area (Å²) in [5, 5.41) is 10.9. The molecule has 9 aromatic carbocycles. The van der Waals surface area contributed by atoms with Gasteiger partial charge >= 0.3 is 0 Å². The number of para-hydroxylation sites is 1. The van der Waals surface area contributed by atoms with E-state index in [2.05, 4.69) is 210 Å². The predicted molar refractivity (Wildman–Crippen MR) is 238 cm³/mol. The summed E-state index contributed by atoms with van der Waals surface area (Å²) in [4.78, 5) is 10.6. The third-order valence-electron chi connectivity index (χ3n) is 11.2. The third kappa shape index (κ3) is 5.78. The number of nitrogens with zero attached hydrogens (tertiary/aromatic N) is 3. The molecule has 0 bridgehead atoms.